The summed E-state index contributed by atoms with van der Waals surface area (Å²) < 4.78 is 1.63. The fourth-order valence-corrected chi connectivity index (χ4v) is 1.41. The topological polar surface area (TPSA) is 45.1 Å². The molecular formula is C6H6Br2N2O. The van der Waals surface area contributed by atoms with Crippen molar-refractivity contribution in [1.29, 1.82) is 0 Å². The summed E-state index contributed by atoms with van der Waals surface area (Å²) in [6.07, 6.45) is 1.69. The second-order valence-corrected chi connectivity index (χ2v) is 3.61. The van der Waals surface area contributed by atoms with E-state index in [1.54, 1.807) is 6.20 Å². The zero-order valence-corrected chi connectivity index (χ0v) is 8.68. The Bertz CT molecular complexity index is 254. The van der Waals surface area contributed by atoms with Gasteiger partial charge in [-0.15, -0.1) is 0 Å². The van der Waals surface area contributed by atoms with Crippen LogP contribution >= 0.6 is 31.9 Å². The quantitative estimate of drug-likeness (QED) is 0.645. The van der Waals surface area contributed by atoms with Crippen LogP contribution in [0.15, 0.2) is 21.3 Å². The second-order valence-electron chi connectivity index (χ2n) is 1.94. The maximum Gasteiger partial charge on any atom is 0.110 e. The van der Waals surface area contributed by atoms with Crippen LogP contribution in [0, 0.1) is 0 Å². The first-order valence-corrected chi connectivity index (χ1v) is 4.49. The third-order valence-corrected chi connectivity index (χ3v) is 2.30. The van der Waals surface area contributed by atoms with Crippen LogP contribution in [0.25, 0.3) is 0 Å². The van der Waals surface area contributed by atoms with Gasteiger partial charge in [0.05, 0.1) is 0 Å². The van der Waals surface area contributed by atoms with E-state index in [4.69, 9.17) is 5.21 Å². The summed E-state index contributed by atoms with van der Waals surface area (Å²) in [6.45, 7) is 0.382. The molecule has 0 bridgehead atoms. The van der Waals surface area contributed by atoms with Crippen molar-refractivity contribution >= 4 is 31.9 Å². The van der Waals surface area contributed by atoms with E-state index in [-0.39, 0.29) is 0 Å². The maximum absolute atomic E-state index is 8.42. The molecule has 0 aliphatic heterocycles. The van der Waals surface area contributed by atoms with Crippen molar-refractivity contribution in [2.45, 2.75) is 6.54 Å². The molecule has 1 heterocycles. The Labute approximate surface area is 81.0 Å². The van der Waals surface area contributed by atoms with E-state index in [1.807, 2.05) is 6.07 Å². The Kier molecular flexibility index (Phi) is 3.45. The van der Waals surface area contributed by atoms with Crippen molar-refractivity contribution < 1.29 is 5.21 Å². The van der Waals surface area contributed by atoms with Crippen LogP contribution in [0.3, 0.4) is 0 Å². The highest BCUT2D eigenvalue weighted by molar-refractivity contribution is 9.11. The summed E-state index contributed by atoms with van der Waals surface area (Å²) in [5, 5.41) is 8.42. The van der Waals surface area contributed by atoms with Crippen molar-refractivity contribution in [3.8, 4) is 0 Å². The normalized spacial score (nSPS) is 10.1. The monoisotopic (exact) mass is 280 g/mol. The zero-order chi connectivity index (χ0) is 8.27. The van der Waals surface area contributed by atoms with Gasteiger partial charge in [0, 0.05) is 22.8 Å². The number of aromatic nitrogens is 1. The highest BCUT2D eigenvalue weighted by atomic mass is 79.9. The molecule has 3 nitrogen and oxygen atoms in total. The summed E-state index contributed by atoms with van der Waals surface area (Å²) in [4.78, 5) is 4.02. The standard InChI is InChI=1S/C6H6Br2N2O/c7-5-1-4(2-10-11)6(8)9-3-5/h1,3,10-11H,2H2. The van der Waals surface area contributed by atoms with Gasteiger partial charge in [-0.1, -0.05) is 0 Å². The molecule has 0 radical (unpaired) electrons. The molecule has 0 unspecified atom stereocenters. The molecule has 0 saturated carbocycles. The number of rotatable bonds is 2. The number of hydrogen-bond acceptors (Lipinski definition) is 3. The molecule has 5 heteroatoms. The summed E-state index contributed by atoms with van der Waals surface area (Å²) in [5.41, 5.74) is 2.97. The van der Waals surface area contributed by atoms with Crippen LogP contribution in [0.4, 0.5) is 0 Å². The van der Waals surface area contributed by atoms with Crippen LogP contribution < -0.4 is 5.48 Å². The van der Waals surface area contributed by atoms with Crippen LogP contribution in [0.1, 0.15) is 5.56 Å². The second kappa shape index (κ2) is 4.15. The molecule has 0 atom stereocenters. The van der Waals surface area contributed by atoms with Crippen LogP contribution in [0.2, 0.25) is 0 Å². The van der Waals surface area contributed by atoms with Crippen molar-refractivity contribution in [2.24, 2.45) is 0 Å². The Morgan fingerprint density at radius 1 is 1.55 bits per heavy atom. The van der Waals surface area contributed by atoms with Gasteiger partial charge in [0.1, 0.15) is 4.60 Å². The molecule has 1 aromatic heterocycles. The van der Waals surface area contributed by atoms with E-state index >= 15 is 0 Å². The van der Waals surface area contributed by atoms with Crippen molar-refractivity contribution in [1.82, 2.24) is 10.5 Å². The molecule has 0 saturated heterocycles. The molecule has 2 N–H and O–H groups in total. The summed E-state index contributed by atoms with van der Waals surface area (Å²) in [7, 11) is 0. The molecular weight excluding hydrogens is 276 g/mol. The lowest BCUT2D eigenvalue weighted by molar-refractivity contribution is 0.161. The fraction of sp³-hybridized carbons (Fsp3) is 0.167. The van der Waals surface area contributed by atoms with E-state index in [0.29, 0.717) is 6.54 Å². The molecule has 1 rings (SSSR count). The van der Waals surface area contributed by atoms with Gasteiger partial charge in [-0.05, 0) is 37.9 Å². The number of hydrogen-bond donors (Lipinski definition) is 2. The predicted octanol–water partition coefficient (Wildman–Crippen LogP) is 2.09. The minimum absolute atomic E-state index is 0.382. The Balaban J connectivity index is 2.93. The number of halogens is 2. The first-order valence-electron chi connectivity index (χ1n) is 2.91. The Morgan fingerprint density at radius 2 is 2.27 bits per heavy atom. The average Bonchev–Trinajstić information content (AvgIpc) is 1.98. The van der Waals surface area contributed by atoms with E-state index in [9.17, 15) is 0 Å². The third-order valence-electron chi connectivity index (χ3n) is 1.15. The minimum atomic E-state index is 0.382. The van der Waals surface area contributed by atoms with Crippen LogP contribution in [0.5, 0.6) is 0 Å². The summed E-state index contributed by atoms with van der Waals surface area (Å²) in [6, 6.07) is 1.88. The molecule has 0 aliphatic rings. The predicted molar refractivity (Wildman–Crippen MR) is 48.3 cm³/mol. The summed E-state index contributed by atoms with van der Waals surface area (Å²) in [5.74, 6) is 0. The molecule has 1 aromatic rings. The van der Waals surface area contributed by atoms with Gasteiger partial charge in [-0.3, -0.25) is 0 Å². The van der Waals surface area contributed by atoms with Crippen molar-refractivity contribution in [3.05, 3.63) is 26.9 Å². The highest BCUT2D eigenvalue weighted by Gasteiger charge is 1.99. The average molecular weight is 282 g/mol. The van der Waals surface area contributed by atoms with Crippen molar-refractivity contribution in [2.75, 3.05) is 0 Å². The first kappa shape index (κ1) is 9.12. The number of nitrogens with one attached hydrogen (secondary N) is 1. The van der Waals surface area contributed by atoms with Gasteiger partial charge in [-0.25, -0.2) is 10.5 Å². The fourth-order valence-electron chi connectivity index (χ4n) is 0.674. The number of nitrogens with zero attached hydrogens (tertiary/aromatic N) is 1. The molecule has 0 fully saturated rings. The SMILES string of the molecule is ONCc1cc(Br)cnc1Br. The van der Waals surface area contributed by atoms with E-state index < -0.39 is 0 Å². The van der Waals surface area contributed by atoms with E-state index in [2.05, 4.69) is 42.3 Å². The molecule has 0 aliphatic carbocycles. The van der Waals surface area contributed by atoms with Gasteiger partial charge < -0.3 is 5.21 Å². The number of pyridine rings is 1. The Morgan fingerprint density at radius 3 is 2.91 bits per heavy atom. The number of hydroxylamine groups is 1. The maximum atomic E-state index is 8.42. The lowest BCUT2D eigenvalue weighted by atomic mass is 10.3. The summed E-state index contributed by atoms with van der Waals surface area (Å²) >= 11 is 6.52. The first-order chi connectivity index (χ1) is 5.24. The largest absolute Gasteiger partial charge is 0.316 e. The van der Waals surface area contributed by atoms with Gasteiger partial charge >= 0.3 is 0 Å². The van der Waals surface area contributed by atoms with Gasteiger partial charge in [0.25, 0.3) is 0 Å². The van der Waals surface area contributed by atoms with Gasteiger partial charge in [-0.2, -0.15) is 0 Å². The van der Waals surface area contributed by atoms with Gasteiger partial charge in [0.2, 0.25) is 0 Å². The Hall–Kier alpha value is 0.0300. The third kappa shape index (κ3) is 2.52. The van der Waals surface area contributed by atoms with E-state index in [1.165, 1.54) is 0 Å². The van der Waals surface area contributed by atoms with E-state index in [0.717, 1.165) is 14.6 Å². The molecule has 0 spiro atoms. The molecule has 11 heavy (non-hydrogen) atoms. The molecule has 0 amide bonds. The molecule has 60 valence electrons. The minimum Gasteiger partial charge on any atom is -0.316 e. The highest BCUT2D eigenvalue weighted by Crippen LogP contribution is 2.17. The van der Waals surface area contributed by atoms with Crippen molar-refractivity contribution in [3.63, 3.8) is 0 Å². The van der Waals surface area contributed by atoms with Crippen LogP contribution in [-0.2, 0) is 6.54 Å². The molecule has 0 aromatic carbocycles. The smallest absolute Gasteiger partial charge is 0.110 e. The van der Waals surface area contributed by atoms with Gasteiger partial charge in [0.15, 0.2) is 0 Å². The lowest BCUT2D eigenvalue weighted by Gasteiger charge is -2.01. The zero-order valence-electron chi connectivity index (χ0n) is 5.51. The lowest BCUT2D eigenvalue weighted by Crippen LogP contribution is -2.07. The van der Waals surface area contributed by atoms with Crippen LogP contribution in [-0.4, -0.2) is 10.2 Å².